The van der Waals surface area contributed by atoms with E-state index in [1.807, 2.05) is 44.2 Å². The van der Waals surface area contributed by atoms with Gasteiger partial charge in [0.25, 0.3) is 10.2 Å². The van der Waals surface area contributed by atoms with E-state index in [9.17, 15) is 23.1 Å². The van der Waals surface area contributed by atoms with E-state index in [1.165, 1.54) is 4.31 Å². The van der Waals surface area contributed by atoms with E-state index >= 15 is 0 Å². The fraction of sp³-hybridized carbons (Fsp3) is 0.667. The lowest BCUT2D eigenvalue weighted by Gasteiger charge is -2.32. The van der Waals surface area contributed by atoms with Crippen LogP contribution in [0, 0.1) is 5.92 Å². The molecule has 0 fully saturated rings. The van der Waals surface area contributed by atoms with Crippen molar-refractivity contribution in [3.05, 3.63) is 35.9 Å². The molecule has 1 aromatic rings. The van der Waals surface area contributed by atoms with Crippen LogP contribution in [0.15, 0.2) is 30.3 Å². The molecule has 194 valence electrons. The van der Waals surface area contributed by atoms with Gasteiger partial charge >= 0.3 is 0 Å². The molecule has 0 heterocycles. The minimum atomic E-state index is -3.87. The number of aliphatic hydroxyl groups is 1. The predicted octanol–water partition coefficient (Wildman–Crippen LogP) is 1.71. The van der Waals surface area contributed by atoms with E-state index in [1.54, 1.807) is 20.8 Å². The van der Waals surface area contributed by atoms with E-state index in [-0.39, 0.29) is 37.8 Å². The molecular formula is C24H42N4O5S. The number of carbonyl (C=O) groups is 2. The summed E-state index contributed by atoms with van der Waals surface area (Å²) in [6, 6.07) is 8.64. The van der Waals surface area contributed by atoms with Gasteiger partial charge in [0.2, 0.25) is 11.8 Å². The minimum Gasteiger partial charge on any atom is -0.390 e. The Morgan fingerprint density at radius 1 is 1.12 bits per heavy atom. The van der Waals surface area contributed by atoms with Crippen molar-refractivity contribution in [2.45, 2.75) is 84.4 Å². The topological polar surface area (TPSA) is 142 Å². The van der Waals surface area contributed by atoms with E-state index in [0.29, 0.717) is 19.3 Å². The summed E-state index contributed by atoms with van der Waals surface area (Å²) in [7, 11) is -3.87. The van der Waals surface area contributed by atoms with Gasteiger partial charge in [-0.2, -0.15) is 17.4 Å². The molecule has 1 rings (SSSR count). The Hall–Kier alpha value is -2.01. The number of nitrogens with two attached hydrogens (primary N) is 1. The lowest BCUT2D eigenvalue weighted by Crippen LogP contribution is -2.54. The van der Waals surface area contributed by atoms with E-state index in [2.05, 4.69) is 10.0 Å². The molecule has 0 aliphatic rings. The third-order valence-corrected chi connectivity index (χ3v) is 6.94. The number of hydrogen-bond acceptors (Lipinski definition) is 5. The summed E-state index contributed by atoms with van der Waals surface area (Å²) in [5.74, 6) is -0.536. The van der Waals surface area contributed by atoms with Crippen LogP contribution in [0.2, 0.25) is 0 Å². The first-order valence-corrected chi connectivity index (χ1v) is 13.2. The van der Waals surface area contributed by atoms with E-state index < -0.39 is 33.8 Å². The Bertz CT molecular complexity index is 869. The van der Waals surface area contributed by atoms with Gasteiger partial charge in [-0.1, -0.05) is 44.2 Å². The summed E-state index contributed by atoms with van der Waals surface area (Å²) < 4.78 is 30.0. The van der Waals surface area contributed by atoms with Crippen LogP contribution in [0.5, 0.6) is 0 Å². The summed E-state index contributed by atoms with van der Waals surface area (Å²) >= 11 is 0. The third-order valence-electron chi connectivity index (χ3n) is 5.06. The quantitative estimate of drug-likeness (QED) is 0.291. The van der Waals surface area contributed by atoms with Crippen LogP contribution < -0.4 is 15.8 Å². The van der Waals surface area contributed by atoms with Gasteiger partial charge in [-0.15, -0.1) is 0 Å². The van der Waals surface area contributed by atoms with Crippen LogP contribution in [0.25, 0.3) is 0 Å². The number of aliphatic hydroxyl groups excluding tert-OH is 1. The van der Waals surface area contributed by atoms with E-state index in [4.69, 9.17) is 5.73 Å². The van der Waals surface area contributed by atoms with Crippen molar-refractivity contribution < 1.29 is 23.1 Å². The molecular weight excluding hydrogens is 456 g/mol. The molecule has 0 aromatic heterocycles. The van der Waals surface area contributed by atoms with Crippen LogP contribution in [0.3, 0.4) is 0 Å². The number of nitrogens with one attached hydrogen (secondary N) is 2. The molecule has 1 aromatic carbocycles. The fourth-order valence-electron chi connectivity index (χ4n) is 3.35. The number of amides is 2. The summed E-state index contributed by atoms with van der Waals surface area (Å²) in [5, 5.41) is 13.9. The molecule has 2 amide bonds. The van der Waals surface area contributed by atoms with Crippen molar-refractivity contribution in [3.8, 4) is 0 Å². The average molecular weight is 499 g/mol. The van der Waals surface area contributed by atoms with Crippen molar-refractivity contribution in [2.75, 3.05) is 13.1 Å². The maximum Gasteiger partial charge on any atom is 0.280 e. The van der Waals surface area contributed by atoms with E-state index in [0.717, 1.165) is 5.56 Å². The summed E-state index contributed by atoms with van der Waals surface area (Å²) in [6.07, 6.45) is 0.291. The van der Waals surface area contributed by atoms with Gasteiger partial charge in [-0.3, -0.25) is 9.59 Å². The monoisotopic (exact) mass is 498 g/mol. The summed E-state index contributed by atoms with van der Waals surface area (Å²) in [4.78, 5) is 23.5. The zero-order valence-electron chi connectivity index (χ0n) is 21.1. The molecule has 5 N–H and O–H groups in total. The normalized spacial score (nSPS) is 14.2. The Labute approximate surface area is 204 Å². The first kappa shape index (κ1) is 30.0. The largest absolute Gasteiger partial charge is 0.390 e. The number of rotatable bonds is 15. The maximum atomic E-state index is 13.1. The zero-order chi connectivity index (χ0) is 25.9. The van der Waals surface area contributed by atoms with Crippen molar-refractivity contribution in [2.24, 2.45) is 11.7 Å². The molecule has 34 heavy (non-hydrogen) atoms. The Balaban J connectivity index is 3.06. The van der Waals surface area contributed by atoms with Gasteiger partial charge in [-0.05, 0) is 51.5 Å². The van der Waals surface area contributed by atoms with Crippen molar-refractivity contribution in [3.63, 3.8) is 0 Å². The van der Waals surface area contributed by atoms with Gasteiger partial charge in [-0.25, -0.2) is 0 Å². The second kappa shape index (κ2) is 13.8. The predicted molar refractivity (Wildman–Crippen MR) is 134 cm³/mol. The average Bonchev–Trinajstić information content (AvgIpc) is 2.68. The van der Waals surface area contributed by atoms with Crippen LogP contribution in [0.4, 0.5) is 0 Å². The second-order valence-corrected chi connectivity index (χ2v) is 11.8. The standard InChI is InChI=1S/C24H42N4O5S/c1-18(2)14-15-28(34(32,33)27-24(3,4)5)17-21(29)20(16-19-10-7-6-8-11-19)26-23(31)13-9-12-22(25)30/h6-8,10-11,18,20-21,27,29H,9,12-17H2,1-5H3,(H2,25,30)(H,26,31)/t20-,21+/m0/s1. The molecule has 0 aliphatic heterocycles. The molecule has 0 saturated carbocycles. The first-order chi connectivity index (χ1) is 15.7. The third kappa shape index (κ3) is 12.5. The zero-order valence-corrected chi connectivity index (χ0v) is 21.9. The van der Waals surface area contributed by atoms with Gasteiger partial charge < -0.3 is 16.2 Å². The molecule has 0 radical (unpaired) electrons. The molecule has 10 heteroatoms. The minimum absolute atomic E-state index is 0.0852. The van der Waals surface area contributed by atoms with Gasteiger partial charge in [0.05, 0.1) is 12.1 Å². The maximum absolute atomic E-state index is 13.1. The second-order valence-electron chi connectivity index (χ2n) is 10.1. The number of benzene rings is 1. The number of primary amides is 1. The molecule has 0 saturated heterocycles. The SMILES string of the molecule is CC(C)CCN(C[C@@H](O)[C@H](Cc1ccccc1)NC(=O)CCCC(N)=O)S(=O)(=O)NC(C)(C)C. The highest BCUT2D eigenvalue weighted by atomic mass is 32.2. The van der Waals surface area contributed by atoms with Crippen molar-refractivity contribution >= 4 is 22.0 Å². The molecule has 0 unspecified atom stereocenters. The Morgan fingerprint density at radius 2 is 1.74 bits per heavy atom. The lowest BCUT2D eigenvalue weighted by atomic mass is 10.0. The highest BCUT2D eigenvalue weighted by Crippen LogP contribution is 2.14. The fourth-order valence-corrected chi connectivity index (χ4v) is 4.95. The summed E-state index contributed by atoms with van der Waals surface area (Å²) in [6.45, 7) is 9.35. The number of carbonyl (C=O) groups excluding carboxylic acids is 2. The van der Waals surface area contributed by atoms with Crippen LogP contribution >= 0.6 is 0 Å². The lowest BCUT2D eigenvalue weighted by molar-refractivity contribution is -0.123. The van der Waals surface area contributed by atoms with Crippen molar-refractivity contribution in [1.29, 1.82) is 0 Å². The van der Waals surface area contributed by atoms with Crippen LogP contribution in [0.1, 0.15) is 65.9 Å². The number of nitrogens with zero attached hydrogens (tertiary/aromatic N) is 1. The Kier molecular flexibility index (Phi) is 12.2. The van der Waals surface area contributed by atoms with Crippen LogP contribution in [-0.4, -0.2) is 60.4 Å². The molecule has 0 aliphatic carbocycles. The number of hydrogen-bond donors (Lipinski definition) is 4. The molecule has 0 bridgehead atoms. The molecule has 9 nitrogen and oxygen atoms in total. The van der Waals surface area contributed by atoms with Crippen molar-refractivity contribution in [1.82, 2.24) is 14.3 Å². The summed E-state index contributed by atoms with van der Waals surface area (Å²) in [5.41, 5.74) is 5.35. The highest BCUT2D eigenvalue weighted by molar-refractivity contribution is 7.87. The highest BCUT2D eigenvalue weighted by Gasteiger charge is 2.32. The Morgan fingerprint density at radius 3 is 2.26 bits per heavy atom. The van der Waals surface area contributed by atoms with Gasteiger partial charge in [0.15, 0.2) is 0 Å². The first-order valence-electron chi connectivity index (χ1n) is 11.8. The molecule has 2 atom stereocenters. The molecule has 0 spiro atoms. The van der Waals surface area contributed by atoms with Gasteiger partial charge in [0.1, 0.15) is 0 Å². The van der Waals surface area contributed by atoms with Crippen LogP contribution in [-0.2, 0) is 26.2 Å². The smallest absolute Gasteiger partial charge is 0.280 e. The van der Waals surface area contributed by atoms with Gasteiger partial charge in [0, 0.05) is 31.5 Å².